The maximum Gasteiger partial charge on any atom is 0.416 e. The van der Waals surface area contributed by atoms with Gasteiger partial charge in [-0.25, -0.2) is 14.8 Å². The fourth-order valence-corrected chi connectivity index (χ4v) is 5.97. The summed E-state index contributed by atoms with van der Waals surface area (Å²) in [5, 5.41) is 0. The SMILES string of the molecule is CCC1(Cc2ccccc2)CC(N(Cc2cc(C(F)(F)F)cc(C(F)(F)F)c2)c2ncc(Br)cn2)CCN1C(=O)OC(C)(C)C. The van der Waals surface area contributed by atoms with E-state index in [1.807, 2.05) is 37.3 Å². The summed E-state index contributed by atoms with van der Waals surface area (Å²) in [7, 11) is 0. The summed E-state index contributed by atoms with van der Waals surface area (Å²) in [6.45, 7) is 7.20. The Morgan fingerprint density at radius 1 is 0.978 bits per heavy atom. The summed E-state index contributed by atoms with van der Waals surface area (Å²) in [6, 6.07) is 10.7. The zero-order valence-corrected chi connectivity index (χ0v) is 26.9. The average molecular weight is 702 g/mol. The third-order valence-corrected chi connectivity index (χ3v) is 8.24. The van der Waals surface area contributed by atoms with Crippen LogP contribution in [0.25, 0.3) is 0 Å². The van der Waals surface area contributed by atoms with Gasteiger partial charge in [0.25, 0.3) is 0 Å². The van der Waals surface area contributed by atoms with Crippen LogP contribution in [0.15, 0.2) is 65.4 Å². The molecule has 244 valence electrons. The van der Waals surface area contributed by atoms with Gasteiger partial charge in [0.1, 0.15) is 5.60 Å². The molecule has 0 radical (unpaired) electrons. The number of halogens is 7. The number of rotatable bonds is 7. The Balaban J connectivity index is 1.79. The second-order valence-electron chi connectivity index (χ2n) is 12.3. The van der Waals surface area contributed by atoms with E-state index in [4.69, 9.17) is 4.74 Å². The lowest BCUT2D eigenvalue weighted by Gasteiger charge is -2.51. The molecule has 0 spiro atoms. The van der Waals surface area contributed by atoms with Gasteiger partial charge in [0.2, 0.25) is 5.95 Å². The van der Waals surface area contributed by atoms with Gasteiger partial charge in [-0.2, -0.15) is 26.3 Å². The molecule has 0 N–H and O–H groups in total. The number of alkyl halides is 6. The highest BCUT2D eigenvalue weighted by atomic mass is 79.9. The molecule has 2 heterocycles. The fraction of sp³-hybridized carbons (Fsp3) is 0.469. The number of likely N-dealkylation sites (tertiary alicyclic amines) is 1. The first-order valence-electron chi connectivity index (χ1n) is 14.5. The molecule has 2 aromatic carbocycles. The van der Waals surface area contributed by atoms with Gasteiger partial charge in [0.05, 0.1) is 21.1 Å². The summed E-state index contributed by atoms with van der Waals surface area (Å²) >= 11 is 3.28. The van der Waals surface area contributed by atoms with Crippen LogP contribution in [0.1, 0.15) is 69.2 Å². The number of amides is 1. The van der Waals surface area contributed by atoms with E-state index in [2.05, 4.69) is 25.9 Å². The number of anilines is 1. The minimum Gasteiger partial charge on any atom is -0.444 e. The van der Waals surface area contributed by atoms with Crippen LogP contribution in [0.2, 0.25) is 0 Å². The second kappa shape index (κ2) is 13.2. The van der Waals surface area contributed by atoms with Crippen molar-refractivity contribution in [3.8, 4) is 0 Å². The minimum absolute atomic E-state index is 0.116. The first kappa shape index (κ1) is 34.5. The monoisotopic (exact) mass is 700 g/mol. The van der Waals surface area contributed by atoms with E-state index in [1.165, 1.54) is 12.4 Å². The number of aromatic nitrogens is 2. The van der Waals surface area contributed by atoms with Crippen molar-refractivity contribution in [2.45, 2.75) is 89.5 Å². The molecule has 1 amide bonds. The van der Waals surface area contributed by atoms with E-state index in [-0.39, 0.29) is 30.7 Å². The van der Waals surface area contributed by atoms with Crippen LogP contribution >= 0.6 is 15.9 Å². The Morgan fingerprint density at radius 2 is 1.56 bits per heavy atom. The maximum absolute atomic E-state index is 13.7. The Kier molecular flexibility index (Phi) is 10.1. The Labute approximate surface area is 266 Å². The zero-order chi connectivity index (χ0) is 33.2. The van der Waals surface area contributed by atoms with Gasteiger partial charge in [0, 0.05) is 31.5 Å². The molecular weight excluding hydrogens is 666 g/mol. The molecule has 45 heavy (non-hydrogen) atoms. The molecule has 0 bridgehead atoms. The van der Waals surface area contributed by atoms with Crippen molar-refractivity contribution in [3.05, 3.63) is 87.7 Å². The van der Waals surface area contributed by atoms with Crippen LogP contribution in [0, 0.1) is 0 Å². The third kappa shape index (κ3) is 8.68. The van der Waals surface area contributed by atoms with Crippen LogP contribution in [0.4, 0.5) is 37.1 Å². The van der Waals surface area contributed by atoms with Gasteiger partial charge in [0.15, 0.2) is 0 Å². The topological polar surface area (TPSA) is 58.6 Å². The molecule has 2 atom stereocenters. The van der Waals surface area contributed by atoms with Crippen LogP contribution in [0.3, 0.4) is 0 Å². The van der Waals surface area contributed by atoms with Crippen LogP contribution in [0.5, 0.6) is 0 Å². The number of piperidine rings is 1. The molecule has 6 nitrogen and oxygen atoms in total. The standard InChI is InChI=1S/C32H35BrF6N4O2/c1-5-30(16-21-9-7-6-8-10-21)17-26(11-12-43(30)28(44)45-29(2,3)4)42(27-40-18-25(33)19-41-27)20-22-13-23(31(34,35)36)15-24(14-22)32(37,38)39/h6-10,13-15,18-19,26H,5,11-12,16-17,20H2,1-4H3. The zero-order valence-electron chi connectivity index (χ0n) is 25.3. The number of carbonyl (C=O) groups is 1. The molecule has 1 aromatic heterocycles. The van der Waals surface area contributed by atoms with E-state index in [1.54, 1.807) is 30.6 Å². The Bertz CT molecular complexity index is 1430. The molecule has 1 saturated heterocycles. The van der Waals surface area contributed by atoms with Gasteiger partial charge in [-0.05, 0) is 91.7 Å². The smallest absolute Gasteiger partial charge is 0.416 e. The van der Waals surface area contributed by atoms with E-state index < -0.39 is 46.8 Å². The fourth-order valence-electron chi connectivity index (χ4n) is 5.76. The van der Waals surface area contributed by atoms with Crippen LogP contribution in [-0.4, -0.2) is 44.7 Å². The summed E-state index contributed by atoms with van der Waals surface area (Å²) in [5.41, 5.74) is -3.55. The molecule has 2 unspecified atom stereocenters. The highest BCUT2D eigenvalue weighted by molar-refractivity contribution is 9.10. The summed E-state index contributed by atoms with van der Waals surface area (Å²) in [4.78, 5) is 25.7. The lowest BCUT2D eigenvalue weighted by molar-refractivity contribution is -0.143. The predicted octanol–water partition coefficient (Wildman–Crippen LogP) is 9.07. The highest BCUT2D eigenvalue weighted by Crippen LogP contribution is 2.40. The predicted molar refractivity (Wildman–Crippen MR) is 161 cm³/mol. The van der Waals surface area contributed by atoms with Gasteiger partial charge >= 0.3 is 18.4 Å². The van der Waals surface area contributed by atoms with Crippen molar-refractivity contribution < 1.29 is 35.9 Å². The van der Waals surface area contributed by atoms with Crippen LogP contribution in [-0.2, 0) is 30.1 Å². The van der Waals surface area contributed by atoms with Crippen LogP contribution < -0.4 is 4.90 Å². The normalized spacial score (nSPS) is 19.4. The molecule has 0 aliphatic carbocycles. The molecular formula is C32H35BrF6N4O2. The number of ether oxygens (including phenoxy) is 1. The van der Waals surface area contributed by atoms with Crippen molar-refractivity contribution in [3.63, 3.8) is 0 Å². The average Bonchev–Trinajstić information content (AvgIpc) is 2.95. The molecule has 1 aliphatic rings. The third-order valence-electron chi connectivity index (χ3n) is 7.83. The first-order valence-corrected chi connectivity index (χ1v) is 15.3. The number of benzene rings is 2. The minimum atomic E-state index is -4.99. The van der Waals surface area contributed by atoms with Crippen molar-refractivity contribution in [2.75, 3.05) is 11.4 Å². The lowest BCUT2D eigenvalue weighted by Crippen LogP contribution is -2.61. The number of carbonyl (C=O) groups excluding carboxylic acids is 1. The van der Waals surface area contributed by atoms with Gasteiger partial charge in [-0.1, -0.05) is 37.3 Å². The van der Waals surface area contributed by atoms with Crippen molar-refractivity contribution in [2.24, 2.45) is 0 Å². The molecule has 13 heteroatoms. The number of nitrogens with zero attached hydrogens (tertiary/aromatic N) is 4. The van der Waals surface area contributed by atoms with Crippen molar-refractivity contribution >= 4 is 28.0 Å². The van der Waals surface area contributed by atoms with E-state index >= 15 is 0 Å². The van der Waals surface area contributed by atoms with Crippen molar-refractivity contribution in [1.29, 1.82) is 0 Å². The summed E-state index contributed by atoms with van der Waals surface area (Å²) < 4.78 is 88.7. The van der Waals surface area contributed by atoms with E-state index in [0.717, 1.165) is 17.7 Å². The quantitative estimate of drug-likeness (QED) is 0.230. The highest BCUT2D eigenvalue weighted by Gasteiger charge is 2.47. The second-order valence-corrected chi connectivity index (χ2v) is 13.2. The molecule has 1 aliphatic heterocycles. The number of hydrogen-bond acceptors (Lipinski definition) is 5. The Hall–Kier alpha value is -3.35. The lowest BCUT2D eigenvalue weighted by atomic mass is 9.77. The number of hydrogen-bond donors (Lipinski definition) is 0. The maximum atomic E-state index is 13.7. The largest absolute Gasteiger partial charge is 0.444 e. The van der Waals surface area contributed by atoms with E-state index in [9.17, 15) is 31.1 Å². The molecule has 1 fully saturated rings. The summed E-state index contributed by atoms with van der Waals surface area (Å²) in [5.74, 6) is 0.143. The molecule has 4 rings (SSSR count). The van der Waals surface area contributed by atoms with Gasteiger partial charge < -0.3 is 14.5 Å². The Morgan fingerprint density at radius 3 is 2.07 bits per heavy atom. The van der Waals surface area contributed by atoms with Gasteiger partial charge in [-0.15, -0.1) is 0 Å². The molecule has 3 aromatic rings. The van der Waals surface area contributed by atoms with Gasteiger partial charge in [-0.3, -0.25) is 0 Å². The molecule has 0 saturated carbocycles. The van der Waals surface area contributed by atoms with E-state index in [0.29, 0.717) is 30.2 Å². The van der Waals surface area contributed by atoms with Crippen molar-refractivity contribution in [1.82, 2.24) is 14.9 Å². The first-order chi connectivity index (χ1) is 20.9. The summed E-state index contributed by atoms with van der Waals surface area (Å²) in [6.07, 6.45) is -5.88.